The van der Waals surface area contributed by atoms with Gasteiger partial charge in [0, 0.05) is 0 Å². The molecule has 70 heavy (non-hydrogen) atoms. The lowest BCUT2D eigenvalue weighted by atomic mass is 9.67. The molecule has 12 rings (SSSR count). The van der Waals surface area contributed by atoms with E-state index in [0.29, 0.717) is 61.9 Å². The van der Waals surface area contributed by atoms with Gasteiger partial charge in [-0.15, -0.1) is 0 Å². The van der Waals surface area contributed by atoms with Crippen LogP contribution in [0.3, 0.4) is 0 Å². The largest absolute Gasteiger partial charge is 0.502 e. The summed E-state index contributed by atoms with van der Waals surface area (Å²) in [6.07, 6.45) is 46.8. The molecule has 4 saturated carbocycles. The third-order valence-corrected chi connectivity index (χ3v) is 17.9. The third-order valence-electron chi connectivity index (χ3n) is 17.9. The van der Waals surface area contributed by atoms with Crippen molar-refractivity contribution in [3.05, 3.63) is 60.7 Å². The number of hydrogen-bond acceptors (Lipinski definition) is 8. The van der Waals surface area contributed by atoms with Crippen LogP contribution in [0, 0.1) is 35.5 Å². The molecule has 0 N–H and O–H groups in total. The first kappa shape index (κ1) is 50.6. The van der Waals surface area contributed by atoms with Gasteiger partial charge in [-0.2, -0.15) is 0 Å². The molecule has 8 nitrogen and oxygen atoms in total. The normalized spacial score (nSPS) is 34.5. The zero-order chi connectivity index (χ0) is 47.2. The molecular formula is C60H88B2O8. The Hall–Kier alpha value is -2.91. The summed E-state index contributed by atoms with van der Waals surface area (Å²) in [6, 6.07) is 12.7. The van der Waals surface area contributed by atoms with E-state index in [4.69, 9.17) is 37.6 Å². The maximum Gasteiger partial charge on any atom is 0.502 e. The first-order valence-electron chi connectivity index (χ1n) is 29.5. The van der Waals surface area contributed by atoms with Gasteiger partial charge < -0.3 is 37.6 Å². The predicted octanol–water partition coefficient (Wildman–Crippen LogP) is 13.5. The summed E-state index contributed by atoms with van der Waals surface area (Å²) in [6.45, 7) is 2.78. The number of rotatable bonds is 0. The molecule has 2 unspecified atom stereocenters. The van der Waals surface area contributed by atoms with Crippen molar-refractivity contribution in [2.45, 2.75) is 217 Å². The molecule has 10 atom stereocenters. The van der Waals surface area contributed by atoms with Gasteiger partial charge in [-0.1, -0.05) is 139 Å². The Kier molecular flexibility index (Phi) is 19.1. The third kappa shape index (κ3) is 12.4. The van der Waals surface area contributed by atoms with Gasteiger partial charge in [0.25, 0.3) is 0 Å². The summed E-state index contributed by atoms with van der Waals surface area (Å²) in [7, 11) is -0.983. The standard InChI is InChI=1S/C60H88B2O8/c1-2-6-10-14-18-22-26-30-40-64-50-36-34-38-52-56(50)62-69-59-47-44-48(60(59)70-62)54-46-43-45(53(47)54)57-58(46)68-61(67-57)55-49(63-39-29-25-21-17-13-9-5-1)35-33-37-51(55)65-41-31-27-23-19-15-11-7-3-4-8-12-16-20-24-28-32-42-66-52/h1-4,33-38,45-48,53-54,57-60H,5-32,39-44H2/b2-1+,4-3+/t45-,46+,47+,48-,53?,54?,57-,58+,59+,60-. The van der Waals surface area contributed by atoms with Gasteiger partial charge in [0.2, 0.25) is 0 Å². The fourth-order valence-electron chi connectivity index (χ4n) is 14.5. The molecule has 382 valence electrons. The lowest BCUT2D eigenvalue weighted by Crippen LogP contribution is -2.49. The van der Waals surface area contributed by atoms with Crippen molar-refractivity contribution in [1.29, 1.82) is 0 Å². The molecule has 0 aromatic heterocycles. The van der Waals surface area contributed by atoms with Gasteiger partial charge in [0.05, 0.1) is 61.8 Å². The van der Waals surface area contributed by atoms with E-state index in [1.807, 2.05) is 0 Å². The SMILES string of the molecule is C1=C/CCCCCCCCOc2cccc3c2B2O[C@@H]4[C@H](O2)[C@@H]2C[C@H]4C4C2[C@@H]2C[C@H]4[C@H]4OB(O[C@H]42)c2c(cccc2OCCCCCCCC/C=C/CCCCCCCCO3)OCCCCCCCC/1. The van der Waals surface area contributed by atoms with E-state index in [9.17, 15) is 0 Å². The molecule has 4 aliphatic carbocycles. The topological polar surface area (TPSA) is 73.8 Å². The second-order valence-corrected chi connectivity index (χ2v) is 22.7. The molecule has 6 fully saturated rings. The molecule has 0 spiro atoms. The van der Waals surface area contributed by atoms with Crippen LogP contribution in [0.15, 0.2) is 60.7 Å². The van der Waals surface area contributed by atoms with Crippen molar-refractivity contribution in [3.8, 4) is 23.0 Å². The summed E-state index contributed by atoms with van der Waals surface area (Å²) < 4.78 is 55.5. The van der Waals surface area contributed by atoms with Crippen LogP contribution < -0.4 is 29.9 Å². The van der Waals surface area contributed by atoms with E-state index in [0.717, 1.165) is 59.6 Å². The van der Waals surface area contributed by atoms with E-state index in [-0.39, 0.29) is 24.4 Å². The highest BCUT2D eigenvalue weighted by molar-refractivity contribution is 6.64. The number of ether oxygens (including phenoxy) is 4. The van der Waals surface area contributed by atoms with E-state index in [1.165, 1.54) is 167 Å². The first-order valence-corrected chi connectivity index (χ1v) is 29.5. The molecule has 10 aliphatic rings. The molecule has 2 aromatic carbocycles. The molecule has 2 saturated heterocycles. The molecule has 2 aromatic rings. The van der Waals surface area contributed by atoms with Crippen molar-refractivity contribution in [1.82, 2.24) is 0 Å². The number of allylic oxidation sites excluding steroid dienone is 4. The highest BCUT2D eigenvalue weighted by Crippen LogP contribution is 2.70. The average Bonchev–Trinajstić information content (AvgIpc) is 4.24. The summed E-state index contributed by atoms with van der Waals surface area (Å²) >= 11 is 0. The van der Waals surface area contributed by atoms with E-state index in [2.05, 4.69) is 60.7 Å². The fraction of sp³-hybridized carbons (Fsp3) is 0.733. The molecule has 10 heteroatoms. The van der Waals surface area contributed by atoms with E-state index >= 15 is 0 Å². The van der Waals surface area contributed by atoms with Crippen LogP contribution in [0.2, 0.25) is 0 Å². The summed E-state index contributed by atoms with van der Waals surface area (Å²) in [4.78, 5) is 0. The van der Waals surface area contributed by atoms with Crippen molar-refractivity contribution < 1.29 is 37.6 Å². The minimum absolute atomic E-state index is 0.0740. The second-order valence-electron chi connectivity index (χ2n) is 22.7. The Morgan fingerprint density at radius 1 is 0.300 bits per heavy atom. The van der Waals surface area contributed by atoms with Crippen molar-refractivity contribution in [2.75, 3.05) is 26.4 Å². The van der Waals surface area contributed by atoms with Crippen LogP contribution in [-0.2, 0) is 18.6 Å². The Labute approximate surface area is 423 Å². The van der Waals surface area contributed by atoms with E-state index < -0.39 is 14.2 Å². The number of fused-ring (bicyclic) bond motifs is 36. The molecular weight excluding hydrogens is 870 g/mol. The highest BCUT2D eigenvalue weighted by Gasteiger charge is 2.74. The summed E-state index contributed by atoms with van der Waals surface area (Å²) in [5.41, 5.74) is 1.91. The highest BCUT2D eigenvalue weighted by atomic mass is 16.7. The van der Waals surface area contributed by atoms with Gasteiger partial charge in [0.15, 0.2) is 0 Å². The fourth-order valence-corrected chi connectivity index (χ4v) is 14.5. The van der Waals surface area contributed by atoms with Crippen molar-refractivity contribution in [2.24, 2.45) is 35.5 Å². The lowest BCUT2D eigenvalue weighted by Gasteiger charge is -2.43. The van der Waals surface area contributed by atoms with Crippen LogP contribution in [0.5, 0.6) is 23.0 Å². The van der Waals surface area contributed by atoms with Crippen LogP contribution in [-0.4, -0.2) is 65.1 Å². The Balaban J connectivity index is 0.874. The molecule has 12 bridgehead atoms. The smallest absolute Gasteiger partial charge is 0.494 e. The Morgan fingerprint density at radius 2 is 0.543 bits per heavy atom. The van der Waals surface area contributed by atoms with Crippen molar-refractivity contribution in [3.63, 3.8) is 0 Å². The van der Waals surface area contributed by atoms with Crippen LogP contribution >= 0.6 is 0 Å². The Bertz CT molecular complexity index is 1700. The molecule has 6 heterocycles. The van der Waals surface area contributed by atoms with Crippen LogP contribution in [0.4, 0.5) is 0 Å². The first-order chi connectivity index (χ1) is 34.8. The van der Waals surface area contributed by atoms with Gasteiger partial charge in [0.1, 0.15) is 23.0 Å². The zero-order valence-electron chi connectivity index (χ0n) is 43.0. The zero-order valence-corrected chi connectivity index (χ0v) is 43.0. The van der Waals surface area contributed by atoms with Crippen LogP contribution in [0.25, 0.3) is 0 Å². The van der Waals surface area contributed by atoms with Gasteiger partial charge in [-0.3, -0.25) is 0 Å². The summed E-state index contributed by atoms with van der Waals surface area (Å²) in [5, 5.41) is 0. The van der Waals surface area contributed by atoms with E-state index in [1.54, 1.807) is 0 Å². The van der Waals surface area contributed by atoms with Crippen molar-refractivity contribution >= 4 is 25.2 Å². The maximum absolute atomic E-state index is 7.18. The predicted molar refractivity (Wildman–Crippen MR) is 283 cm³/mol. The minimum atomic E-state index is -0.492. The molecule has 0 radical (unpaired) electrons. The van der Waals surface area contributed by atoms with Gasteiger partial charge in [-0.25, -0.2) is 0 Å². The quantitative estimate of drug-likeness (QED) is 0.191. The monoisotopic (exact) mass is 959 g/mol. The van der Waals surface area contributed by atoms with Gasteiger partial charge >= 0.3 is 14.2 Å². The second kappa shape index (κ2) is 26.3. The number of benzene rings is 2. The van der Waals surface area contributed by atoms with Crippen LogP contribution in [0.1, 0.15) is 193 Å². The minimum Gasteiger partial charge on any atom is -0.494 e. The van der Waals surface area contributed by atoms with Gasteiger partial charge in [-0.05, 0) is 150 Å². The lowest BCUT2D eigenvalue weighted by molar-refractivity contribution is -0.0431. The molecule has 6 aliphatic heterocycles. The average molecular weight is 959 g/mol. The summed E-state index contributed by atoms with van der Waals surface area (Å²) in [5.74, 6) is 6.41. The Morgan fingerprint density at radius 3 is 0.814 bits per heavy atom. The maximum atomic E-state index is 7.18. The molecule has 0 amide bonds. The number of hydrogen-bond donors (Lipinski definition) is 0.